The number of ketones is 1. The third kappa shape index (κ3) is 3.15. The smallest absolute Gasteiger partial charge is 0.168 e. The molecule has 0 saturated heterocycles. The summed E-state index contributed by atoms with van der Waals surface area (Å²) >= 11 is 10.5. The molecule has 0 saturated carbocycles. The number of rotatable bonds is 3. The molecule has 0 bridgehead atoms. The van der Waals surface area contributed by atoms with Gasteiger partial charge in [0, 0.05) is 22.4 Å². The molecule has 0 aliphatic heterocycles. The molecule has 1 aromatic carbocycles. The van der Waals surface area contributed by atoms with E-state index in [1.807, 2.05) is 0 Å². The van der Waals surface area contributed by atoms with Gasteiger partial charge in [0.15, 0.2) is 5.78 Å². The van der Waals surface area contributed by atoms with E-state index in [1.54, 1.807) is 11.4 Å². The monoisotopic (exact) mass is 332 g/mol. The van der Waals surface area contributed by atoms with Gasteiger partial charge in [-0.2, -0.15) is 0 Å². The molecule has 0 aliphatic carbocycles. The molecule has 1 nitrogen and oxygen atoms in total. The number of thiophene rings is 1. The van der Waals surface area contributed by atoms with E-state index < -0.39 is 5.82 Å². The van der Waals surface area contributed by atoms with E-state index >= 15 is 0 Å². The molecular weight excluding hydrogens is 327 g/mol. The molecule has 0 spiro atoms. The highest BCUT2D eigenvalue weighted by Crippen LogP contribution is 2.23. The summed E-state index contributed by atoms with van der Waals surface area (Å²) in [7, 11) is 0. The highest BCUT2D eigenvalue weighted by molar-refractivity contribution is 9.11. The Morgan fingerprint density at radius 1 is 1.41 bits per heavy atom. The fourth-order valence-corrected chi connectivity index (χ4v) is 2.77. The molecule has 5 heteroatoms. The van der Waals surface area contributed by atoms with Crippen LogP contribution < -0.4 is 0 Å². The summed E-state index contributed by atoms with van der Waals surface area (Å²) in [6.45, 7) is 0. The lowest BCUT2D eigenvalue weighted by molar-refractivity contribution is 0.0992. The Kier molecular flexibility index (Phi) is 3.97. The van der Waals surface area contributed by atoms with Gasteiger partial charge in [0.1, 0.15) is 5.82 Å². The first-order valence-electron chi connectivity index (χ1n) is 4.77. The summed E-state index contributed by atoms with van der Waals surface area (Å²) in [6, 6.07) is 5.95. The van der Waals surface area contributed by atoms with Crippen LogP contribution in [0, 0.1) is 5.82 Å². The highest BCUT2D eigenvalue weighted by atomic mass is 79.9. The topological polar surface area (TPSA) is 17.1 Å². The van der Waals surface area contributed by atoms with Crippen LogP contribution >= 0.6 is 38.9 Å². The second kappa shape index (κ2) is 5.29. The maximum absolute atomic E-state index is 13.4. The zero-order valence-electron chi connectivity index (χ0n) is 8.54. The third-order valence-electron chi connectivity index (χ3n) is 2.25. The summed E-state index contributed by atoms with van der Waals surface area (Å²) in [5.41, 5.74) is 0.908. The van der Waals surface area contributed by atoms with Crippen molar-refractivity contribution in [2.24, 2.45) is 0 Å². The van der Waals surface area contributed by atoms with Crippen LogP contribution in [0.15, 0.2) is 33.4 Å². The molecule has 0 amide bonds. The molecule has 0 fully saturated rings. The van der Waals surface area contributed by atoms with Crippen molar-refractivity contribution in [3.8, 4) is 0 Å². The Hall–Kier alpha value is -0.710. The highest BCUT2D eigenvalue weighted by Gasteiger charge is 2.12. The summed E-state index contributed by atoms with van der Waals surface area (Å²) < 4.78 is 14.3. The van der Waals surface area contributed by atoms with E-state index in [0.717, 1.165) is 3.79 Å². The Balaban J connectivity index is 2.21. The molecule has 1 heterocycles. The standard InChI is InChI=1S/C12H7BrClFOS/c13-12-5-8(6-17-12)11(16)4-7-3-9(14)1-2-10(7)15/h1-3,5-6H,4H2. The number of Topliss-reactive ketones (excluding diaryl/α,β-unsaturated/α-hetero) is 1. The van der Waals surface area contributed by atoms with Gasteiger partial charge < -0.3 is 0 Å². The number of benzene rings is 1. The largest absolute Gasteiger partial charge is 0.294 e. The van der Waals surface area contributed by atoms with Crippen LogP contribution in [0.2, 0.25) is 5.02 Å². The van der Waals surface area contributed by atoms with Crippen molar-refractivity contribution in [3.63, 3.8) is 0 Å². The normalized spacial score (nSPS) is 10.5. The summed E-state index contributed by atoms with van der Waals surface area (Å²) in [5, 5.41) is 2.18. The van der Waals surface area contributed by atoms with Crippen LogP contribution in [-0.2, 0) is 6.42 Å². The average molecular weight is 334 g/mol. The summed E-state index contributed by atoms with van der Waals surface area (Å²) in [4.78, 5) is 11.9. The van der Waals surface area contributed by atoms with Crippen molar-refractivity contribution < 1.29 is 9.18 Å². The summed E-state index contributed by atoms with van der Waals surface area (Å²) in [6.07, 6.45) is 0.0234. The minimum atomic E-state index is -0.406. The Labute approximate surface area is 115 Å². The SMILES string of the molecule is O=C(Cc1cc(Cl)ccc1F)c1csc(Br)c1. The van der Waals surface area contributed by atoms with Gasteiger partial charge in [-0.05, 0) is 45.8 Å². The Morgan fingerprint density at radius 3 is 2.82 bits per heavy atom. The van der Waals surface area contributed by atoms with Gasteiger partial charge in [0.25, 0.3) is 0 Å². The number of hydrogen-bond donors (Lipinski definition) is 0. The molecule has 0 unspecified atom stereocenters. The van der Waals surface area contributed by atoms with Crippen molar-refractivity contribution in [1.29, 1.82) is 0 Å². The maximum atomic E-state index is 13.4. The van der Waals surface area contributed by atoms with Crippen molar-refractivity contribution in [3.05, 3.63) is 55.4 Å². The first-order valence-corrected chi connectivity index (χ1v) is 6.82. The van der Waals surface area contributed by atoms with Gasteiger partial charge in [0.2, 0.25) is 0 Å². The molecule has 2 aromatic rings. The van der Waals surface area contributed by atoms with Gasteiger partial charge in [-0.15, -0.1) is 11.3 Å². The lowest BCUT2D eigenvalue weighted by Gasteiger charge is -2.02. The quantitative estimate of drug-likeness (QED) is 0.742. The van der Waals surface area contributed by atoms with Crippen LogP contribution in [0.25, 0.3) is 0 Å². The van der Waals surface area contributed by atoms with Gasteiger partial charge in [-0.3, -0.25) is 4.79 Å². The lowest BCUT2D eigenvalue weighted by atomic mass is 10.1. The van der Waals surface area contributed by atoms with Crippen LogP contribution in [0.1, 0.15) is 15.9 Å². The van der Waals surface area contributed by atoms with Gasteiger partial charge >= 0.3 is 0 Å². The van der Waals surface area contributed by atoms with Gasteiger partial charge in [-0.25, -0.2) is 4.39 Å². The van der Waals surface area contributed by atoms with Crippen LogP contribution in [0.3, 0.4) is 0 Å². The predicted octanol–water partition coefficient (Wildman–Crippen LogP) is 4.73. The molecule has 0 atom stereocenters. The van der Waals surface area contributed by atoms with Crippen LogP contribution in [-0.4, -0.2) is 5.78 Å². The van der Waals surface area contributed by atoms with Crippen molar-refractivity contribution in [1.82, 2.24) is 0 Å². The molecule has 1 aromatic heterocycles. The van der Waals surface area contributed by atoms with Gasteiger partial charge in [0.05, 0.1) is 3.79 Å². The van der Waals surface area contributed by atoms with Crippen molar-refractivity contribution >= 4 is 44.7 Å². The molecule has 0 N–H and O–H groups in total. The predicted molar refractivity (Wildman–Crippen MR) is 71.5 cm³/mol. The molecule has 2 rings (SSSR count). The first-order chi connectivity index (χ1) is 8.06. The second-order valence-electron chi connectivity index (χ2n) is 3.48. The second-order valence-corrected chi connectivity index (χ2v) is 6.20. The van der Waals surface area contributed by atoms with Crippen LogP contribution in [0.5, 0.6) is 0 Å². The van der Waals surface area contributed by atoms with Crippen LogP contribution in [0.4, 0.5) is 4.39 Å². The number of hydrogen-bond acceptors (Lipinski definition) is 2. The van der Waals surface area contributed by atoms with E-state index in [4.69, 9.17) is 11.6 Å². The first kappa shape index (κ1) is 12.7. The average Bonchev–Trinajstić information content (AvgIpc) is 2.70. The van der Waals surface area contributed by atoms with Crippen molar-refractivity contribution in [2.45, 2.75) is 6.42 Å². The maximum Gasteiger partial charge on any atom is 0.168 e. The molecule has 17 heavy (non-hydrogen) atoms. The lowest BCUT2D eigenvalue weighted by Crippen LogP contribution is -2.03. The fourth-order valence-electron chi connectivity index (χ4n) is 1.41. The molecular formula is C12H7BrClFOS. The molecule has 88 valence electrons. The summed E-state index contributed by atoms with van der Waals surface area (Å²) in [5.74, 6) is -0.523. The minimum Gasteiger partial charge on any atom is -0.294 e. The molecule has 0 radical (unpaired) electrons. The van der Waals surface area contributed by atoms with Gasteiger partial charge in [-0.1, -0.05) is 11.6 Å². The zero-order chi connectivity index (χ0) is 12.4. The Morgan fingerprint density at radius 2 is 2.18 bits per heavy atom. The van der Waals surface area contributed by atoms with E-state index in [0.29, 0.717) is 16.1 Å². The van der Waals surface area contributed by atoms with E-state index in [2.05, 4.69) is 15.9 Å². The fraction of sp³-hybridized carbons (Fsp3) is 0.0833. The van der Waals surface area contributed by atoms with E-state index in [1.165, 1.54) is 29.5 Å². The Bertz CT molecular complexity index is 567. The van der Waals surface area contributed by atoms with E-state index in [9.17, 15) is 9.18 Å². The van der Waals surface area contributed by atoms with E-state index in [-0.39, 0.29) is 12.2 Å². The minimum absolute atomic E-state index is 0.0234. The number of halogens is 3. The zero-order valence-corrected chi connectivity index (χ0v) is 11.7. The number of carbonyl (C=O) groups excluding carboxylic acids is 1. The third-order valence-corrected chi connectivity index (χ3v) is 3.99. The van der Waals surface area contributed by atoms with Crippen molar-refractivity contribution in [2.75, 3.05) is 0 Å². The number of carbonyl (C=O) groups is 1. The molecule has 0 aliphatic rings.